The molecular weight excluding hydrogens is 408 g/mol. The van der Waals surface area contributed by atoms with Gasteiger partial charge in [0.15, 0.2) is 5.82 Å². The van der Waals surface area contributed by atoms with Gasteiger partial charge in [0.05, 0.1) is 11.4 Å². The summed E-state index contributed by atoms with van der Waals surface area (Å²) in [6.45, 7) is 0.895. The van der Waals surface area contributed by atoms with E-state index >= 15 is 0 Å². The first-order chi connectivity index (χ1) is 15.2. The van der Waals surface area contributed by atoms with E-state index in [1.165, 1.54) is 6.42 Å². The smallest absolute Gasteiger partial charge is 0.228 e. The van der Waals surface area contributed by atoms with Crippen LogP contribution in [0.5, 0.6) is 0 Å². The SMILES string of the molecule is O=C(Cc1cccc2ccccc12)Nc1ccc(Cl)c(-c2nnc3n2CCCCC3)c1. The van der Waals surface area contributed by atoms with Gasteiger partial charge in [0.2, 0.25) is 5.91 Å². The molecule has 0 fully saturated rings. The second-order valence-electron chi connectivity index (χ2n) is 7.96. The Balaban J connectivity index is 1.39. The third kappa shape index (κ3) is 4.06. The molecule has 0 spiro atoms. The average molecular weight is 431 g/mol. The Labute approximate surface area is 186 Å². The van der Waals surface area contributed by atoms with Crippen LogP contribution in [0.15, 0.2) is 60.7 Å². The molecule has 5 nitrogen and oxygen atoms in total. The molecule has 0 aliphatic carbocycles. The normalized spacial score (nSPS) is 13.6. The van der Waals surface area contributed by atoms with E-state index in [-0.39, 0.29) is 5.91 Å². The van der Waals surface area contributed by atoms with Crippen LogP contribution in [0.1, 0.15) is 30.7 Å². The van der Waals surface area contributed by atoms with Crippen LogP contribution in [-0.2, 0) is 24.2 Å². The van der Waals surface area contributed by atoms with Crippen molar-refractivity contribution in [1.29, 1.82) is 0 Å². The second kappa shape index (κ2) is 8.52. The molecule has 1 aromatic heterocycles. The van der Waals surface area contributed by atoms with Crippen molar-refractivity contribution in [3.05, 3.63) is 77.1 Å². The summed E-state index contributed by atoms with van der Waals surface area (Å²) in [5.74, 6) is 1.71. The van der Waals surface area contributed by atoms with Gasteiger partial charge in [-0.3, -0.25) is 4.79 Å². The number of anilines is 1. The highest BCUT2D eigenvalue weighted by Crippen LogP contribution is 2.31. The molecular formula is C25H23ClN4O. The fraction of sp³-hybridized carbons (Fsp3) is 0.240. The van der Waals surface area contributed by atoms with Crippen LogP contribution in [0.2, 0.25) is 5.02 Å². The van der Waals surface area contributed by atoms with Gasteiger partial charge >= 0.3 is 0 Å². The maximum absolute atomic E-state index is 12.8. The van der Waals surface area contributed by atoms with E-state index in [1.54, 1.807) is 0 Å². The van der Waals surface area contributed by atoms with Crippen LogP contribution in [0.4, 0.5) is 5.69 Å². The molecule has 5 rings (SSSR count). The van der Waals surface area contributed by atoms with Gasteiger partial charge in [-0.25, -0.2) is 0 Å². The zero-order valence-corrected chi connectivity index (χ0v) is 17.9. The van der Waals surface area contributed by atoms with Crippen molar-refractivity contribution in [3.63, 3.8) is 0 Å². The van der Waals surface area contributed by atoms with E-state index in [1.807, 2.05) is 42.5 Å². The van der Waals surface area contributed by atoms with Gasteiger partial charge in [0.1, 0.15) is 5.82 Å². The molecule has 0 saturated carbocycles. The van der Waals surface area contributed by atoms with Gasteiger partial charge in [-0.2, -0.15) is 0 Å². The fourth-order valence-electron chi connectivity index (χ4n) is 4.28. The first-order valence-corrected chi connectivity index (χ1v) is 11.1. The molecule has 31 heavy (non-hydrogen) atoms. The van der Waals surface area contributed by atoms with Crippen molar-refractivity contribution in [3.8, 4) is 11.4 Å². The molecule has 6 heteroatoms. The number of nitrogens with one attached hydrogen (secondary N) is 1. The summed E-state index contributed by atoms with van der Waals surface area (Å²) in [6.07, 6.45) is 4.68. The molecule has 0 bridgehead atoms. The largest absolute Gasteiger partial charge is 0.326 e. The van der Waals surface area contributed by atoms with Gasteiger partial charge in [-0.1, -0.05) is 60.5 Å². The molecule has 4 aromatic rings. The van der Waals surface area contributed by atoms with Crippen molar-refractivity contribution in [1.82, 2.24) is 14.8 Å². The Kier molecular flexibility index (Phi) is 5.43. The number of carbonyl (C=O) groups excluding carboxylic acids is 1. The van der Waals surface area contributed by atoms with E-state index in [0.29, 0.717) is 17.1 Å². The maximum Gasteiger partial charge on any atom is 0.228 e. The van der Waals surface area contributed by atoms with E-state index in [4.69, 9.17) is 11.6 Å². The summed E-state index contributed by atoms with van der Waals surface area (Å²) in [5, 5.41) is 14.6. The molecule has 1 amide bonds. The van der Waals surface area contributed by atoms with Gasteiger partial charge in [-0.05, 0) is 47.4 Å². The minimum atomic E-state index is -0.0651. The molecule has 0 radical (unpaired) electrons. The summed E-state index contributed by atoms with van der Waals surface area (Å²) < 4.78 is 2.16. The van der Waals surface area contributed by atoms with Crippen molar-refractivity contribution in [2.24, 2.45) is 0 Å². The molecule has 1 aliphatic rings. The topological polar surface area (TPSA) is 59.8 Å². The third-order valence-corrected chi connectivity index (χ3v) is 6.16. The van der Waals surface area contributed by atoms with Crippen LogP contribution in [0, 0.1) is 0 Å². The minimum absolute atomic E-state index is 0.0651. The Hall–Kier alpha value is -3.18. The summed E-state index contributed by atoms with van der Waals surface area (Å²) in [6, 6.07) is 19.7. The predicted octanol–water partition coefficient (Wildman–Crippen LogP) is 5.66. The van der Waals surface area contributed by atoms with E-state index in [9.17, 15) is 4.79 Å². The maximum atomic E-state index is 12.8. The quantitative estimate of drug-likeness (QED) is 0.454. The lowest BCUT2D eigenvalue weighted by Gasteiger charge is -2.12. The number of hydrogen-bond acceptors (Lipinski definition) is 3. The lowest BCUT2D eigenvalue weighted by atomic mass is 10.0. The number of fused-ring (bicyclic) bond motifs is 2. The highest BCUT2D eigenvalue weighted by molar-refractivity contribution is 6.33. The first-order valence-electron chi connectivity index (χ1n) is 10.7. The van der Waals surface area contributed by atoms with Gasteiger partial charge in [0, 0.05) is 24.2 Å². The van der Waals surface area contributed by atoms with E-state index < -0.39 is 0 Å². The second-order valence-corrected chi connectivity index (χ2v) is 8.37. The Morgan fingerprint density at radius 3 is 2.81 bits per heavy atom. The van der Waals surface area contributed by atoms with Gasteiger partial charge < -0.3 is 9.88 Å². The molecule has 1 N–H and O–H groups in total. The molecule has 0 unspecified atom stereocenters. The highest BCUT2D eigenvalue weighted by atomic mass is 35.5. The molecule has 0 atom stereocenters. The van der Waals surface area contributed by atoms with Gasteiger partial charge in [-0.15, -0.1) is 10.2 Å². The number of halogens is 1. The molecule has 1 aliphatic heterocycles. The third-order valence-electron chi connectivity index (χ3n) is 5.83. The molecule has 2 heterocycles. The number of carbonyl (C=O) groups is 1. The van der Waals surface area contributed by atoms with Crippen LogP contribution in [-0.4, -0.2) is 20.7 Å². The standard InChI is InChI=1S/C25H23ClN4O/c26-22-13-12-19(16-21(22)25-29-28-23-11-2-1-5-14-30(23)25)27-24(31)15-18-9-6-8-17-7-3-4-10-20(17)18/h3-4,6-10,12-13,16H,1-2,5,11,14-15H2,(H,27,31). The summed E-state index contributed by atoms with van der Waals surface area (Å²) in [7, 11) is 0. The van der Waals surface area contributed by atoms with E-state index in [2.05, 4.69) is 38.3 Å². The lowest BCUT2D eigenvalue weighted by molar-refractivity contribution is -0.115. The first kappa shape index (κ1) is 19.8. The van der Waals surface area contributed by atoms with E-state index in [0.717, 1.165) is 59.4 Å². The number of aryl methyl sites for hydroxylation is 1. The molecule has 0 saturated heterocycles. The number of benzene rings is 3. The Morgan fingerprint density at radius 2 is 1.87 bits per heavy atom. The van der Waals surface area contributed by atoms with Crippen molar-refractivity contribution in [2.45, 2.75) is 38.6 Å². The number of aromatic nitrogens is 3. The van der Waals surface area contributed by atoms with Crippen molar-refractivity contribution >= 4 is 34.0 Å². The monoisotopic (exact) mass is 430 g/mol. The number of rotatable bonds is 4. The number of amides is 1. The zero-order valence-electron chi connectivity index (χ0n) is 17.1. The van der Waals surface area contributed by atoms with Crippen molar-refractivity contribution < 1.29 is 4.79 Å². The lowest BCUT2D eigenvalue weighted by Crippen LogP contribution is -2.14. The van der Waals surface area contributed by atoms with Crippen LogP contribution in [0.3, 0.4) is 0 Å². The van der Waals surface area contributed by atoms with Crippen LogP contribution >= 0.6 is 11.6 Å². The fourth-order valence-corrected chi connectivity index (χ4v) is 4.49. The molecule has 3 aromatic carbocycles. The average Bonchev–Trinajstić information content (AvgIpc) is 3.03. The molecule has 156 valence electrons. The minimum Gasteiger partial charge on any atom is -0.326 e. The van der Waals surface area contributed by atoms with Crippen molar-refractivity contribution in [2.75, 3.05) is 5.32 Å². The highest BCUT2D eigenvalue weighted by Gasteiger charge is 2.18. The summed E-state index contributed by atoms with van der Waals surface area (Å²) in [4.78, 5) is 12.8. The van der Waals surface area contributed by atoms with Crippen LogP contribution < -0.4 is 5.32 Å². The van der Waals surface area contributed by atoms with Crippen LogP contribution in [0.25, 0.3) is 22.2 Å². The van der Waals surface area contributed by atoms with Gasteiger partial charge in [0.25, 0.3) is 0 Å². The number of nitrogens with zero attached hydrogens (tertiary/aromatic N) is 3. The zero-order chi connectivity index (χ0) is 21.2. The Morgan fingerprint density at radius 1 is 1.00 bits per heavy atom. The predicted molar refractivity (Wildman–Crippen MR) is 124 cm³/mol. The number of hydrogen-bond donors (Lipinski definition) is 1. The summed E-state index contributed by atoms with van der Waals surface area (Å²) in [5.41, 5.74) is 2.51. The Bertz CT molecular complexity index is 1260. The summed E-state index contributed by atoms with van der Waals surface area (Å²) >= 11 is 6.51.